The molecule has 0 spiro atoms. The Hall–Kier alpha value is -3.83. The van der Waals surface area contributed by atoms with E-state index in [4.69, 9.17) is 10.5 Å². The zero-order valence-corrected chi connectivity index (χ0v) is 20.0. The van der Waals surface area contributed by atoms with Crippen molar-refractivity contribution < 1.29 is 27.8 Å². The van der Waals surface area contributed by atoms with Crippen LogP contribution in [0.4, 0.5) is 13.2 Å². The molecule has 0 aromatic heterocycles. The average Bonchev–Trinajstić information content (AvgIpc) is 2.88. The Morgan fingerprint density at radius 2 is 1.95 bits per heavy atom. The van der Waals surface area contributed by atoms with Crippen LogP contribution in [-0.2, 0) is 11.0 Å². The summed E-state index contributed by atoms with van der Waals surface area (Å²) in [5, 5.41) is 17.3. The summed E-state index contributed by atoms with van der Waals surface area (Å²) >= 11 is 0. The van der Waals surface area contributed by atoms with E-state index in [0.29, 0.717) is 48.6 Å². The van der Waals surface area contributed by atoms with Gasteiger partial charge in [-0.1, -0.05) is 24.8 Å². The highest BCUT2D eigenvalue weighted by atomic mass is 19.4. The number of rotatable bonds is 7. The molecule has 0 aliphatic carbocycles. The summed E-state index contributed by atoms with van der Waals surface area (Å²) in [6, 6.07) is 11.4. The number of carbonyl (C=O) groups excluding carboxylic acids is 1. The second-order valence-corrected chi connectivity index (χ2v) is 8.92. The van der Waals surface area contributed by atoms with E-state index < -0.39 is 23.5 Å². The number of amides is 1. The SMILES string of the molecule is C=CC(=O)N1CCC(O)(CNC2=C(c3ccc(Oc4cccc(C(F)(F)F)c4)cc3)C(N)N=CN2)CC1. The first-order valence-electron chi connectivity index (χ1n) is 11.7. The van der Waals surface area contributed by atoms with Crippen LogP contribution in [0.15, 0.2) is 72.0 Å². The molecule has 2 aromatic carbocycles. The van der Waals surface area contributed by atoms with Crippen LogP contribution in [0.1, 0.15) is 24.0 Å². The van der Waals surface area contributed by atoms with Crippen molar-refractivity contribution in [2.24, 2.45) is 10.7 Å². The van der Waals surface area contributed by atoms with Crippen LogP contribution < -0.4 is 21.1 Å². The maximum absolute atomic E-state index is 13.0. The minimum absolute atomic E-state index is 0.0684. The summed E-state index contributed by atoms with van der Waals surface area (Å²) in [5.41, 5.74) is 5.80. The second kappa shape index (κ2) is 10.7. The number of nitrogens with two attached hydrogens (primary N) is 1. The number of alkyl halides is 3. The Labute approximate surface area is 212 Å². The summed E-state index contributed by atoms with van der Waals surface area (Å²) in [5.74, 6) is 0.844. The van der Waals surface area contributed by atoms with Crippen LogP contribution in [0.2, 0.25) is 0 Å². The summed E-state index contributed by atoms with van der Waals surface area (Å²) in [6.45, 7) is 4.58. The van der Waals surface area contributed by atoms with E-state index in [1.54, 1.807) is 29.2 Å². The molecule has 1 saturated heterocycles. The monoisotopic (exact) mass is 515 g/mol. The van der Waals surface area contributed by atoms with Gasteiger partial charge in [0, 0.05) is 25.2 Å². The zero-order chi connectivity index (χ0) is 26.6. The third kappa shape index (κ3) is 6.30. The van der Waals surface area contributed by atoms with Crippen molar-refractivity contribution in [1.29, 1.82) is 0 Å². The van der Waals surface area contributed by atoms with Crippen LogP contribution in [0.25, 0.3) is 5.57 Å². The van der Waals surface area contributed by atoms with Gasteiger partial charge >= 0.3 is 6.18 Å². The molecule has 0 radical (unpaired) electrons. The maximum Gasteiger partial charge on any atom is 0.416 e. The summed E-state index contributed by atoms with van der Waals surface area (Å²) < 4.78 is 44.5. The van der Waals surface area contributed by atoms with Crippen LogP contribution in [0.3, 0.4) is 0 Å². The van der Waals surface area contributed by atoms with Crippen molar-refractivity contribution in [2.45, 2.75) is 30.8 Å². The molecule has 2 aliphatic heterocycles. The van der Waals surface area contributed by atoms with Crippen LogP contribution >= 0.6 is 0 Å². The van der Waals surface area contributed by atoms with Crippen LogP contribution in [0, 0.1) is 0 Å². The van der Waals surface area contributed by atoms with Gasteiger partial charge in [-0.25, -0.2) is 0 Å². The van der Waals surface area contributed by atoms with Crippen LogP contribution in [0.5, 0.6) is 11.5 Å². The first-order chi connectivity index (χ1) is 17.6. The van der Waals surface area contributed by atoms with E-state index in [1.807, 2.05) is 0 Å². The zero-order valence-electron chi connectivity index (χ0n) is 20.0. The molecule has 4 rings (SSSR count). The Balaban J connectivity index is 1.46. The normalized spacial score (nSPS) is 19.3. The lowest BCUT2D eigenvalue weighted by Gasteiger charge is -2.38. The standard InChI is InChI=1S/C26H28F3N5O3/c1-2-21(35)34-12-10-25(36,11-13-34)15-31-24-22(23(30)32-16-33-24)17-6-8-19(9-7-17)37-20-5-3-4-18(14-20)26(27,28)29/h2-9,14,16,23,31,36H,1,10-13,15,30H2,(H,32,33). The van der Waals surface area contributed by atoms with E-state index in [9.17, 15) is 23.1 Å². The molecule has 5 N–H and O–H groups in total. The van der Waals surface area contributed by atoms with E-state index in [1.165, 1.54) is 24.5 Å². The number of aliphatic hydroxyl groups is 1. The molecule has 8 nitrogen and oxygen atoms in total. The Bertz CT molecular complexity index is 1200. The van der Waals surface area contributed by atoms with Gasteiger partial charge in [0.05, 0.1) is 17.5 Å². The number of hydrogen-bond acceptors (Lipinski definition) is 7. The fourth-order valence-electron chi connectivity index (χ4n) is 4.22. The fourth-order valence-corrected chi connectivity index (χ4v) is 4.22. The van der Waals surface area contributed by atoms with Crippen molar-refractivity contribution in [3.8, 4) is 11.5 Å². The molecular formula is C26H28F3N5O3. The number of piperidine rings is 1. The van der Waals surface area contributed by atoms with Crippen molar-refractivity contribution in [3.63, 3.8) is 0 Å². The largest absolute Gasteiger partial charge is 0.457 e. The first-order valence-corrected chi connectivity index (χ1v) is 11.7. The molecule has 0 bridgehead atoms. The van der Waals surface area contributed by atoms with E-state index in [0.717, 1.165) is 12.1 Å². The first kappa shape index (κ1) is 26.2. The van der Waals surface area contributed by atoms with E-state index in [2.05, 4.69) is 22.2 Å². The predicted octanol–water partition coefficient (Wildman–Crippen LogP) is 3.21. The van der Waals surface area contributed by atoms with E-state index >= 15 is 0 Å². The smallest absolute Gasteiger partial charge is 0.416 e. The number of benzene rings is 2. The van der Waals surface area contributed by atoms with Gasteiger partial charge in [0.1, 0.15) is 23.5 Å². The third-order valence-corrected chi connectivity index (χ3v) is 6.35. The molecule has 1 amide bonds. The number of aliphatic imine (C=N–C) groups is 1. The molecule has 37 heavy (non-hydrogen) atoms. The molecule has 11 heteroatoms. The molecule has 196 valence electrons. The van der Waals surface area contributed by atoms with E-state index in [-0.39, 0.29) is 18.2 Å². The van der Waals surface area contributed by atoms with Gasteiger partial charge in [-0.05, 0) is 54.8 Å². The lowest BCUT2D eigenvalue weighted by molar-refractivity contribution is -0.137. The summed E-state index contributed by atoms with van der Waals surface area (Å²) in [6.07, 6.45) is -1.59. The van der Waals surface area contributed by atoms with Gasteiger partial charge in [-0.2, -0.15) is 13.2 Å². The van der Waals surface area contributed by atoms with Gasteiger partial charge in [0.2, 0.25) is 5.91 Å². The number of hydrogen-bond donors (Lipinski definition) is 4. The average molecular weight is 516 g/mol. The Morgan fingerprint density at radius 1 is 1.24 bits per heavy atom. The molecule has 1 fully saturated rings. The number of carbonyl (C=O) groups is 1. The molecule has 2 heterocycles. The highest BCUT2D eigenvalue weighted by Gasteiger charge is 2.34. The third-order valence-electron chi connectivity index (χ3n) is 6.35. The van der Waals surface area contributed by atoms with Crippen molar-refractivity contribution >= 4 is 17.8 Å². The highest BCUT2D eigenvalue weighted by molar-refractivity contribution is 5.87. The van der Waals surface area contributed by atoms with Gasteiger partial charge in [0.15, 0.2) is 0 Å². The number of likely N-dealkylation sites (tertiary alicyclic amines) is 1. The minimum atomic E-state index is -4.46. The predicted molar refractivity (Wildman–Crippen MR) is 133 cm³/mol. The fraction of sp³-hybridized carbons (Fsp3) is 0.308. The van der Waals surface area contributed by atoms with Gasteiger partial charge in [0.25, 0.3) is 0 Å². The molecule has 2 aromatic rings. The van der Waals surface area contributed by atoms with Crippen molar-refractivity contribution in [3.05, 3.63) is 78.1 Å². The molecular weight excluding hydrogens is 487 g/mol. The number of nitrogens with zero attached hydrogens (tertiary/aromatic N) is 2. The quantitative estimate of drug-likeness (QED) is 0.422. The lowest BCUT2D eigenvalue weighted by Crippen LogP contribution is -2.52. The molecule has 1 atom stereocenters. The topological polar surface area (TPSA) is 112 Å². The second-order valence-electron chi connectivity index (χ2n) is 8.92. The summed E-state index contributed by atoms with van der Waals surface area (Å²) in [4.78, 5) is 17.7. The Morgan fingerprint density at radius 3 is 2.59 bits per heavy atom. The number of nitrogens with one attached hydrogen (secondary N) is 2. The molecule has 1 unspecified atom stereocenters. The van der Waals surface area contributed by atoms with Crippen molar-refractivity contribution in [2.75, 3.05) is 19.6 Å². The number of halogens is 3. The molecule has 0 saturated carbocycles. The Kier molecular flexibility index (Phi) is 7.55. The van der Waals surface area contributed by atoms with Crippen molar-refractivity contribution in [1.82, 2.24) is 15.5 Å². The van der Waals surface area contributed by atoms with Gasteiger partial charge in [-0.15, -0.1) is 0 Å². The lowest BCUT2D eigenvalue weighted by atomic mass is 9.91. The summed E-state index contributed by atoms with van der Waals surface area (Å²) in [7, 11) is 0. The molecule has 2 aliphatic rings. The van der Waals surface area contributed by atoms with Crippen LogP contribution in [-0.4, -0.2) is 53.7 Å². The maximum atomic E-state index is 13.0. The highest BCUT2D eigenvalue weighted by Crippen LogP contribution is 2.33. The van der Waals surface area contributed by atoms with Gasteiger partial charge < -0.3 is 31.1 Å². The minimum Gasteiger partial charge on any atom is -0.457 e. The van der Waals surface area contributed by atoms with Gasteiger partial charge in [-0.3, -0.25) is 9.79 Å². The number of ether oxygens (including phenoxy) is 1.